The molecule has 0 radical (unpaired) electrons. The van der Waals surface area contributed by atoms with Crippen LogP contribution in [0, 0.1) is 5.41 Å². The number of hydrogen-bond acceptors (Lipinski definition) is 16. The Hall–Kier alpha value is -5.04. The maximum atomic E-state index is 12.0. The summed E-state index contributed by atoms with van der Waals surface area (Å²) in [5.74, 6) is -1.92. The largest absolute Gasteiger partial charge is 0.466 e. The first kappa shape index (κ1) is 48.0. The normalized spacial score (nSPS) is 11.3. The second kappa shape index (κ2) is 35.4. The van der Waals surface area contributed by atoms with Gasteiger partial charge < -0.3 is 37.9 Å². The van der Waals surface area contributed by atoms with Crippen molar-refractivity contribution in [1.29, 1.82) is 0 Å². The molecule has 0 unspecified atom stereocenters. The van der Waals surface area contributed by atoms with Crippen LogP contribution in [0.4, 0.5) is 0 Å². The predicted octanol–water partition coefficient (Wildman–Crippen LogP) is 4.57. The van der Waals surface area contributed by atoms with Crippen molar-refractivity contribution in [3.8, 4) is 0 Å². The maximum absolute atomic E-state index is 12.0. The summed E-state index contributed by atoms with van der Waals surface area (Å²) >= 11 is 0. The summed E-state index contributed by atoms with van der Waals surface area (Å²) in [5, 5.41) is 13.2. The first-order valence-electron chi connectivity index (χ1n) is 16.8. The number of carbonyl (C=O) groups is 4. The maximum Gasteiger partial charge on any atom is 0.305 e. The number of ether oxygens (including phenoxy) is 8. The van der Waals surface area contributed by atoms with E-state index in [-0.39, 0.29) is 131 Å². The van der Waals surface area contributed by atoms with Gasteiger partial charge in [-0.2, -0.15) is 0 Å². The average Bonchev–Trinajstić information content (AvgIpc) is 3.14. The van der Waals surface area contributed by atoms with Crippen LogP contribution in [0.3, 0.4) is 0 Å². The van der Waals surface area contributed by atoms with Crippen LogP contribution in [0.1, 0.15) is 51.4 Å². The highest BCUT2D eigenvalue weighted by molar-refractivity contribution is 5.70. The van der Waals surface area contributed by atoms with E-state index in [9.17, 15) is 19.2 Å². The summed E-state index contributed by atoms with van der Waals surface area (Å²) < 4.78 is 43.7. The lowest BCUT2D eigenvalue weighted by atomic mass is 9.92. The van der Waals surface area contributed by atoms with Gasteiger partial charge in [-0.1, -0.05) is 20.5 Å². The lowest BCUT2D eigenvalue weighted by Crippen LogP contribution is -2.42. The van der Waals surface area contributed by atoms with Crippen molar-refractivity contribution in [2.45, 2.75) is 51.4 Å². The minimum atomic E-state index is -0.906. The van der Waals surface area contributed by atoms with Gasteiger partial charge in [0.15, 0.2) is 0 Å². The third kappa shape index (κ3) is 31.4. The Morgan fingerprint density at radius 3 is 0.830 bits per heavy atom. The fraction of sp³-hybridized carbons (Fsp3) is 0.862. The van der Waals surface area contributed by atoms with E-state index in [1.54, 1.807) is 0 Å². The molecule has 0 fully saturated rings. The summed E-state index contributed by atoms with van der Waals surface area (Å²) in [6.45, 7) is 0.857. The second-order valence-electron chi connectivity index (χ2n) is 10.8. The molecule has 0 aromatic carbocycles. The van der Waals surface area contributed by atoms with Gasteiger partial charge in [0, 0.05) is 71.8 Å². The Kier molecular flexibility index (Phi) is 32.0. The quantitative estimate of drug-likeness (QED) is 0.0212. The number of esters is 4. The summed E-state index contributed by atoms with van der Waals surface area (Å²) in [5.41, 5.74) is 32.4. The highest BCUT2D eigenvalue weighted by atomic mass is 16.5. The van der Waals surface area contributed by atoms with Crippen LogP contribution >= 0.6 is 0 Å². The first-order valence-corrected chi connectivity index (χ1v) is 16.8. The molecule has 0 aromatic heterocycles. The highest BCUT2D eigenvalue weighted by Gasteiger charge is 2.33. The molecule has 24 heteroatoms. The van der Waals surface area contributed by atoms with Gasteiger partial charge in [-0.05, 0) is 47.8 Å². The molecule has 0 N–H and O–H groups in total. The zero-order valence-electron chi connectivity index (χ0n) is 29.7. The van der Waals surface area contributed by atoms with Gasteiger partial charge >= 0.3 is 23.9 Å². The van der Waals surface area contributed by atoms with Gasteiger partial charge in [-0.15, -0.1) is 0 Å². The van der Waals surface area contributed by atoms with Crippen molar-refractivity contribution in [2.75, 3.05) is 105 Å². The number of azide groups is 4. The van der Waals surface area contributed by atoms with Crippen LogP contribution in [0.2, 0.25) is 0 Å². The third-order valence-electron chi connectivity index (χ3n) is 6.38. The van der Waals surface area contributed by atoms with Gasteiger partial charge in [-0.3, -0.25) is 19.2 Å². The third-order valence-corrected chi connectivity index (χ3v) is 6.38. The van der Waals surface area contributed by atoms with Crippen molar-refractivity contribution in [1.82, 2.24) is 0 Å². The molecular weight excluding hydrogens is 708 g/mol. The molecule has 0 bridgehead atoms. The van der Waals surface area contributed by atoms with Gasteiger partial charge in [0.05, 0.1) is 84.4 Å². The molecule has 0 rings (SSSR count). The van der Waals surface area contributed by atoms with Crippen LogP contribution in [-0.4, -0.2) is 129 Å². The number of carbonyl (C=O) groups excluding carboxylic acids is 4. The van der Waals surface area contributed by atoms with E-state index in [0.29, 0.717) is 25.7 Å². The highest BCUT2D eigenvalue weighted by Crippen LogP contribution is 2.22. The molecule has 0 atom stereocenters. The predicted molar refractivity (Wildman–Crippen MR) is 183 cm³/mol. The van der Waals surface area contributed by atoms with Crippen molar-refractivity contribution < 1.29 is 57.1 Å². The van der Waals surface area contributed by atoms with E-state index >= 15 is 0 Å². The van der Waals surface area contributed by atoms with Gasteiger partial charge in [0.2, 0.25) is 0 Å². The van der Waals surface area contributed by atoms with Gasteiger partial charge in [0.1, 0.15) is 0 Å². The Labute approximate surface area is 305 Å². The molecule has 0 aliphatic heterocycles. The van der Waals surface area contributed by atoms with E-state index < -0.39 is 29.3 Å². The molecule has 0 heterocycles. The topological polar surface area (TPSA) is 337 Å². The van der Waals surface area contributed by atoms with Crippen LogP contribution in [-0.2, 0) is 57.1 Å². The van der Waals surface area contributed by atoms with Crippen LogP contribution in [0.15, 0.2) is 20.5 Å². The molecular formula is C29H48N12O12. The molecule has 0 saturated carbocycles. The molecule has 0 spiro atoms. The van der Waals surface area contributed by atoms with Crippen LogP contribution in [0.5, 0.6) is 0 Å². The standard InChI is InChI=1S/C29H48N12O12/c30-38-34-9-17-50-25(42)5-1-13-46-21-29(22-47-14-2-6-26(43)51-18-10-35-39-31,23-48-15-3-7-27(44)52-19-11-36-40-32)24-49-16-4-8-28(45)53-20-12-37-41-33/h1-24H2. The smallest absolute Gasteiger partial charge is 0.305 e. The zero-order valence-corrected chi connectivity index (χ0v) is 29.7. The fourth-order valence-electron chi connectivity index (χ4n) is 3.95. The van der Waals surface area contributed by atoms with Gasteiger partial charge in [-0.25, -0.2) is 0 Å². The molecule has 0 aromatic rings. The summed E-state index contributed by atoms with van der Waals surface area (Å²) in [6, 6.07) is 0. The minimum absolute atomic E-state index is 0.0249. The minimum Gasteiger partial charge on any atom is -0.466 e. The van der Waals surface area contributed by atoms with Crippen molar-refractivity contribution in [2.24, 2.45) is 25.9 Å². The van der Waals surface area contributed by atoms with E-state index in [4.69, 9.17) is 60.0 Å². The molecule has 296 valence electrons. The second-order valence-corrected chi connectivity index (χ2v) is 10.8. The summed E-state index contributed by atoms with van der Waals surface area (Å²) in [6.07, 6.45) is 1.53. The molecule has 0 aliphatic rings. The van der Waals surface area contributed by atoms with Crippen LogP contribution in [0.25, 0.3) is 41.8 Å². The molecule has 0 aliphatic carbocycles. The molecule has 53 heavy (non-hydrogen) atoms. The Bertz CT molecular complexity index is 1060. The van der Waals surface area contributed by atoms with E-state index in [1.165, 1.54) is 0 Å². The van der Waals surface area contributed by atoms with Crippen molar-refractivity contribution >= 4 is 23.9 Å². The molecule has 0 amide bonds. The summed E-state index contributed by atoms with van der Waals surface area (Å²) in [7, 11) is 0. The fourth-order valence-corrected chi connectivity index (χ4v) is 3.95. The lowest BCUT2D eigenvalue weighted by Gasteiger charge is -2.33. The molecule has 0 saturated heterocycles. The van der Waals surface area contributed by atoms with Crippen LogP contribution < -0.4 is 0 Å². The first-order chi connectivity index (χ1) is 25.8. The number of hydrogen-bond donors (Lipinski definition) is 0. The van der Waals surface area contributed by atoms with Crippen molar-refractivity contribution in [3.63, 3.8) is 0 Å². The zero-order chi connectivity index (χ0) is 39.1. The van der Waals surface area contributed by atoms with E-state index in [0.717, 1.165) is 0 Å². The number of nitrogens with zero attached hydrogens (tertiary/aromatic N) is 12. The SMILES string of the molecule is [N-]=[N+]=NCCOC(=O)CCCOCC(COCCCC(=O)OCCN=[N+]=[N-])(COCCCC(=O)OCCN=[N+]=[N-])COCCCC(=O)OCCN=[N+]=[N-]. The average molecular weight is 757 g/mol. The number of rotatable bonds is 36. The summed E-state index contributed by atoms with van der Waals surface area (Å²) in [4.78, 5) is 58.2. The Balaban J connectivity index is 5.35. The van der Waals surface area contributed by atoms with Gasteiger partial charge in [0.25, 0.3) is 0 Å². The lowest BCUT2D eigenvalue weighted by molar-refractivity contribution is -0.144. The van der Waals surface area contributed by atoms with Crippen molar-refractivity contribution in [3.05, 3.63) is 41.8 Å². The van der Waals surface area contributed by atoms with E-state index in [1.807, 2.05) is 0 Å². The Morgan fingerprint density at radius 2 is 0.623 bits per heavy atom. The monoisotopic (exact) mass is 756 g/mol. The molecule has 24 nitrogen and oxygen atoms in total. The van der Waals surface area contributed by atoms with E-state index in [2.05, 4.69) is 40.1 Å². The Morgan fingerprint density at radius 1 is 0.396 bits per heavy atom.